The monoisotopic (exact) mass is 314 g/mol. The quantitative estimate of drug-likeness (QED) is 0.720. The molecule has 1 saturated heterocycles. The predicted molar refractivity (Wildman–Crippen MR) is 86.9 cm³/mol. The molecule has 0 N–H and O–H groups in total. The zero-order valence-corrected chi connectivity index (χ0v) is 12.6. The Kier molecular flexibility index (Phi) is 3.34. The first-order chi connectivity index (χ1) is 10.8. The number of fused-ring (bicyclic) bond motifs is 1. The van der Waals surface area contributed by atoms with E-state index in [4.69, 9.17) is 4.42 Å². The second-order valence-corrected chi connectivity index (χ2v) is 6.24. The minimum atomic E-state index is -0.295. The second kappa shape index (κ2) is 5.49. The Balaban J connectivity index is 1.86. The van der Waals surface area contributed by atoms with Crippen LogP contribution in [0.25, 0.3) is 16.8 Å². The molecule has 4 rings (SSSR count). The summed E-state index contributed by atoms with van der Waals surface area (Å²) < 4.78 is 7.55. The van der Waals surface area contributed by atoms with Crippen LogP contribution in [0.2, 0.25) is 0 Å². The van der Waals surface area contributed by atoms with Gasteiger partial charge in [-0.05, 0) is 12.1 Å². The van der Waals surface area contributed by atoms with E-state index in [-0.39, 0.29) is 5.56 Å². The maximum absolute atomic E-state index is 12.2. The zero-order chi connectivity index (χ0) is 14.9. The molecule has 1 fully saturated rings. The summed E-state index contributed by atoms with van der Waals surface area (Å²) in [6.07, 6.45) is 1.51. The Bertz CT molecular complexity index is 853. The average Bonchev–Trinajstić information content (AvgIpc) is 3.01. The minimum Gasteiger partial charge on any atom is -0.406 e. The number of para-hydroxylation sites is 1. The van der Waals surface area contributed by atoms with Gasteiger partial charge in [0, 0.05) is 24.6 Å². The summed E-state index contributed by atoms with van der Waals surface area (Å²) in [4.78, 5) is 18.3. The average molecular weight is 314 g/mol. The molecule has 3 aromatic rings. The zero-order valence-electron chi connectivity index (χ0n) is 11.8. The van der Waals surface area contributed by atoms with Gasteiger partial charge in [0.25, 0.3) is 5.56 Å². The molecule has 22 heavy (non-hydrogen) atoms. The van der Waals surface area contributed by atoms with Crippen LogP contribution in [-0.2, 0) is 0 Å². The van der Waals surface area contributed by atoms with Crippen molar-refractivity contribution in [3.8, 4) is 5.69 Å². The molecule has 0 bridgehead atoms. The highest BCUT2D eigenvalue weighted by atomic mass is 32.2. The molecule has 0 atom stereocenters. The van der Waals surface area contributed by atoms with Gasteiger partial charge in [-0.1, -0.05) is 18.2 Å². The Morgan fingerprint density at radius 3 is 2.68 bits per heavy atom. The first-order valence-electron chi connectivity index (χ1n) is 7.10. The maximum atomic E-state index is 12.2. The van der Waals surface area contributed by atoms with Gasteiger partial charge >= 0.3 is 6.01 Å². The highest BCUT2D eigenvalue weighted by Crippen LogP contribution is 2.21. The van der Waals surface area contributed by atoms with E-state index in [1.54, 1.807) is 4.68 Å². The molecule has 0 saturated carbocycles. The molecule has 0 radical (unpaired) electrons. The van der Waals surface area contributed by atoms with Gasteiger partial charge < -0.3 is 9.32 Å². The van der Waals surface area contributed by atoms with Crippen LogP contribution in [0.1, 0.15) is 0 Å². The van der Waals surface area contributed by atoms with E-state index >= 15 is 0 Å². The van der Waals surface area contributed by atoms with Crippen molar-refractivity contribution in [3.05, 3.63) is 46.9 Å². The lowest BCUT2D eigenvalue weighted by molar-refractivity contribution is 0.533. The van der Waals surface area contributed by atoms with Crippen molar-refractivity contribution < 1.29 is 4.42 Å². The number of hydrogen-bond donors (Lipinski definition) is 0. The lowest BCUT2D eigenvalue weighted by Crippen LogP contribution is -2.34. The van der Waals surface area contributed by atoms with Crippen molar-refractivity contribution in [2.24, 2.45) is 0 Å². The Morgan fingerprint density at radius 1 is 1.14 bits per heavy atom. The summed E-state index contributed by atoms with van der Waals surface area (Å²) in [7, 11) is 0. The number of thioether (sulfide) groups is 1. The third-order valence-electron chi connectivity index (χ3n) is 3.62. The van der Waals surface area contributed by atoms with Crippen LogP contribution in [0.4, 0.5) is 6.01 Å². The number of rotatable bonds is 2. The van der Waals surface area contributed by atoms with Gasteiger partial charge in [-0.3, -0.25) is 4.79 Å². The molecule has 112 valence electrons. The SMILES string of the molecule is O=c1nc(N2CCSCC2)oc2c1cnn2-c1ccccc1. The standard InChI is InChI=1S/C15H14N4O2S/c20-13-12-10-16-19(11-4-2-1-3-5-11)14(12)21-15(17-13)18-6-8-22-9-7-18/h1-5,10H,6-9H2. The largest absolute Gasteiger partial charge is 0.406 e. The highest BCUT2D eigenvalue weighted by Gasteiger charge is 2.19. The lowest BCUT2D eigenvalue weighted by atomic mass is 10.3. The summed E-state index contributed by atoms with van der Waals surface area (Å²) in [5, 5.41) is 4.67. The van der Waals surface area contributed by atoms with E-state index in [1.807, 2.05) is 47.0 Å². The van der Waals surface area contributed by atoms with Gasteiger partial charge in [-0.15, -0.1) is 0 Å². The molecule has 0 aliphatic carbocycles. The topological polar surface area (TPSA) is 64.2 Å². The van der Waals surface area contributed by atoms with Gasteiger partial charge in [-0.25, -0.2) is 0 Å². The number of benzene rings is 1. The molecule has 7 heteroatoms. The molecule has 0 spiro atoms. The van der Waals surface area contributed by atoms with Crippen molar-refractivity contribution in [1.82, 2.24) is 14.8 Å². The van der Waals surface area contributed by atoms with Crippen LogP contribution in [0.3, 0.4) is 0 Å². The van der Waals surface area contributed by atoms with E-state index in [9.17, 15) is 4.79 Å². The van der Waals surface area contributed by atoms with Crippen molar-refractivity contribution in [3.63, 3.8) is 0 Å². The van der Waals surface area contributed by atoms with E-state index in [2.05, 4.69) is 10.1 Å². The van der Waals surface area contributed by atoms with Crippen LogP contribution in [0.15, 0.2) is 45.7 Å². The molecular formula is C15H14N4O2S. The van der Waals surface area contributed by atoms with Crippen LogP contribution < -0.4 is 10.5 Å². The summed E-state index contributed by atoms with van der Waals surface area (Å²) in [6, 6.07) is 10.0. The fraction of sp³-hybridized carbons (Fsp3) is 0.267. The van der Waals surface area contributed by atoms with Crippen LogP contribution in [-0.4, -0.2) is 39.4 Å². The molecule has 3 heterocycles. The first-order valence-corrected chi connectivity index (χ1v) is 8.25. The van der Waals surface area contributed by atoms with E-state index in [1.165, 1.54) is 6.20 Å². The lowest BCUT2D eigenvalue weighted by Gasteiger charge is -2.25. The summed E-state index contributed by atoms with van der Waals surface area (Å²) >= 11 is 1.90. The van der Waals surface area contributed by atoms with Crippen LogP contribution in [0, 0.1) is 0 Å². The van der Waals surface area contributed by atoms with Crippen molar-refractivity contribution in [2.75, 3.05) is 29.5 Å². The van der Waals surface area contributed by atoms with E-state index < -0.39 is 0 Å². The molecule has 0 amide bonds. The van der Waals surface area contributed by atoms with Crippen molar-refractivity contribution in [2.45, 2.75) is 0 Å². The number of anilines is 1. The molecule has 2 aromatic heterocycles. The fourth-order valence-electron chi connectivity index (χ4n) is 2.48. The van der Waals surface area contributed by atoms with Gasteiger partial charge in [-0.2, -0.15) is 26.5 Å². The summed E-state index contributed by atoms with van der Waals surface area (Å²) in [6.45, 7) is 1.68. The number of aromatic nitrogens is 3. The number of hydrogen-bond acceptors (Lipinski definition) is 6. The van der Waals surface area contributed by atoms with Gasteiger partial charge in [0.05, 0.1) is 11.9 Å². The normalized spacial score (nSPS) is 15.4. The third kappa shape index (κ3) is 2.27. The Labute approximate surface area is 130 Å². The third-order valence-corrected chi connectivity index (χ3v) is 4.57. The van der Waals surface area contributed by atoms with E-state index in [0.29, 0.717) is 17.1 Å². The fourth-order valence-corrected chi connectivity index (χ4v) is 3.38. The van der Waals surface area contributed by atoms with Gasteiger partial charge in [0.15, 0.2) is 0 Å². The summed E-state index contributed by atoms with van der Waals surface area (Å²) in [5.74, 6) is 2.03. The first kappa shape index (κ1) is 13.4. The van der Waals surface area contributed by atoms with E-state index in [0.717, 1.165) is 30.3 Å². The molecule has 6 nitrogen and oxygen atoms in total. The minimum absolute atomic E-state index is 0.295. The van der Waals surface area contributed by atoms with Gasteiger partial charge in [0.2, 0.25) is 5.71 Å². The molecule has 0 unspecified atom stereocenters. The second-order valence-electron chi connectivity index (χ2n) is 5.01. The Morgan fingerprint density at radius 2 is 1.91 bits per heavy atom. The summed E-state index contributed by atoms with van der Waals surface area (Å²) in [5.41, 5.74) is 1.00. The molecule has 1 aliphatic heterocycles. The number of nitrogens with zero attached hydrogens (tertiary/aromatic N) is 4. The maximum Gasteiger partial charge on any atom is 0.302 e. The van der Waals surface area contributed by atoms with Crippen LogP contribution >= 0.6 is 11.8 Å². The smallest absolute Gasteiger partial charge is 0.302 e. The Hall–Kier alpha value is -2.28. The van der Waals surface area contributed by atoms with Crippen molar-refractivity contribution in [1.29, 1.82) is 0 Å². The molecule has 1 aliphatic rings. The van der Waals surface area contributed by atoms with Crippen molar-refractivity contribution >= 4 is 28.9 Å². The molecule has 1 aromatic carbocycles. The highest BCUT2D eigenvalue weighted by molar-refractivity contribution is 7.99. The van der Waals surface area contributed by atoms with Gasteiger partial charge in [0.1, 0.15) is 5.39 Å². The predicted octanol–water partition coefficient (Wildman–Crippen LogP) is 1.93. The van der Waals surface area contributed by atoms with Crippen LogP contribution in [0.5, 0.6) is 0 Å². The molecular weight excluding hydrogens is 300 g/mol.